The first-order valence-electron chi connectivity index (χ1n) is 7.10. The molecule has 0 unspecified atom stereocenters. The van der Waals surface area contributed by atoms with Crippen LogP contribution in [0.5, 0.6) is 11.5 Å². The van der Waals surface area contributed by atoms with Gasteiger partial charge in [0.15, 0.2) is 0 Å². The van der Waals surface area contributed by atoms with E-state index in [2.05, 4.69) is 10.2 Å². The molecule has 1 aliphatic heterocycles. The molecule has 1 aliphatic rings. The van der Waals surface area contributed by atoms with Crippen molar-refractivity contribution >= 4 is 0 Å². The molecule has 1 aromatic carbocycles. The third-order valence-corrected chi connectivity index (χ3v) is 3.75. The molecule has 4 nitrogen and oxygen atoms in total. The maximum atomic E-state index is 13.0. The summed E-state index contributed by atoms with van der Waals surface area (Å²) < 4.78 is 36.5. The summed E-state index contributed by atoms with van der Waals surface area (Å²) >= 11 is 0. The largest absolute Gasteiger partial charge is 0.497 e. The smallest absolute Gasteiger partial charge is 0.240 e. The van der Waals surface area contributed by atoms with Gasteiger partial charge < -0.3 is 14.8 Å². The molecule has 1 heterocycles. The first-order valence-corrected chi connectivity index (χ1v) is 7.10. The van der Waals surface area contributed by atoms with Gasteiger partial charge >= 0.3 is 0 Å². The average molecular weight is 300 g/mol. The van der Waals surface area contributed by atoms with Gasteiger partial charge in [0.1, 0.15) is 11.5 Å². The highest BCUT2D eigenvalue weighted by atomic mass is 19.3. The predicted octanol–water partition coefficient (Wildman–Crippen LogP) is 2.31. The number of benzene rings is 1. The van der Waals surface area contributed by atoms with Crippen LogP contribution >= 0.6 is 0 Å². The standard InChI is InChI=1S/C15H22F2N2O2/c1-20-12-7-11(8-13(9-12)21-2)14(10-15(16)17)19-5-3-18-4-6-19/h7-9,14-15,18H,3-6,10H2,1-2H3/t14-/m1/s1. The number of rotatable bonds is 6. The Balaban J connectivity index is 2.30. The van der Waals surface area contributed by atoms with Gasteiger partial charge in [0.05, 0.1) is 14.2 Å². The molecule has 1 saturated heterocycles. The molecule has 1 fully saturated rings. The van der Waals surface area contributed by atoms with Crippen molar-refractivity contribution in [2.24, 2.45) is 0 Å². The minimum absolute atomic E-state index is 0.184. The van der Waals surface area contributed by atoms with Crippen LogP contribution in [0, 0.1) is 0 Å². The molecule has 6 heteroatoms. The van der Waals surface area contributed by atoms with E-state index < -0.39 is 6.43 Å². The Morgan fingerprint density at radius 2 is 1.67 bits per heavy atom. The summed E-state index contributed by atoms with van der Waals surface area (Å²) in [7, 11) is 3.12. The van der Waals surface area contributed by atoms with E-state index in [4.69, 9.17) is 9.47 Å². The molecule has 1 aromatic rings. The average Bonchev–Trinajstić information content (AvgIpc) is 2.52. The second kappa shape index (κ2) is 7.56. The van der Waals surface area contributed by atoms with E-state index in [1.807, 2.05) is 12.1 Å². The monoisotopic (exact) mass is 300 g/mol. The summed E-state index contributed by atoms with van der Waals surface area (Å²) in [6.07, 6.45) is -2.53. The summed E-state index contributed by atoms with van der Waals surface area (Å²) in [6.45, 7) is 3.16. The van der Waals surface area contributed by atoms with E-state index in [0.717, 1.165) is 31.7 Å². The summed E-state index contributed by atoms with van der Waals surface area (Å²) in [4.78, 5) is 2.09. The molecular formula is C15H22F2N2O2. The number of hydrogen-bond donors (Lipinski definition) is 1. The summed E-state index contributed by atoms with van der Waals surface area (Å²) in [5.41, 5.74) is 0.813. The van der Waals surface area contributed by atoms with E-state index in [0.29, 0.717) is 11.5 Å². The number of ether oxygens (including phenoxy) is 2. The predicted molar refractivity (Wildman–Crippen MR) is 77.4 cm³/mol. The maximum absolute atomic E-state index is 13.0. The van der Waals surface area contributed by atoms with E-state index in [-0.39, 0.29) is 12.5 Å². The van der Waals surface area contributed by atoms with Crippen LogP contribution in [0.1, 0.15) is 18.0 Å². The van der Waals surface area contributed by atoms with Gasteiger partial charge in [-0.3, -0.25) is 4.90 Å². The van der Waals surface area contributed by atoms with Gasteiger partial charge in [0.25, 0.3) is 0 Å². The summed E-state index contributed by atoms with van der Waals surface area (Å²) in [6, 6.07) is 5.06. The van der Waals surface area contributed by atoms with E-state index in [1.165, 1.54) is 0 Å². The van der Waals surface area contributed by atoms with Gasteiger partial charge in [0.2, 0.25) is 6.43 Å². The van der Waals surface area contributed by atoms with Gasteiger partial charge in [-0.2, -0.15) is 0 Å². The van der Waals surface area contributed by atoms with Crippen LogP contribution in [0.15, 0.2) is 18.2 Å². The molecule has 0 aliphatic carbocycles. The Morgan fingerprint density at radius 3 is 2.14 bits per heavy atom. The molecule has 0 saturated carbocycles. The minimum Gasteiger partial charge on any atom is -0.497 e. The van der Waals surface area contributed by atoms with Crippen molar-refractivity contribution in [1.82, 2.24) is 10.2 Å². The van der Waals surface area contributed by atoms with Gasteiger partial charge in [0, 0.05) is 44.7 Å². The van der Waals surface area contributed by atoms with Crippen molar-refractivity contribution in [3.8, 4) is 11.5 Å². The molecule has 0 aromatic heterocycles. The quantitative estimate of drug-likeness (QED) is 0.874. The van der Waals surface area contributed by atoms with Gasteiger partial charge in [-0.15, -0.1) is 0 Å². The Hall–Kier alpha value is -1.40. The SMILES string of the molecule is COc1cc(OC)cc([C@@H](CC(F)F)N2CCNCC2)c1. The molecule has 118 valence electrons. The Kier molecular flexibility index (Phi) is 5.76. The van der Waals surface area contributed by atoms with Gasteiger partial charge in [-0.1, -0.05) is 0 Å². The highest BCUT2D eigenvalue weighted by molar-refractivity contribution is 5.40. The molecule has 0 amide bonds. The molecule has 0 bridgehead atoms. The fourth-order valence-corrected chi connectivity index (χ4v) is 2.68. The van der Waals surface area contributed by atoms with Crippen LogP contribution in [0.2, 0.25) is 0 Å². The topological polar surface area (TPSA) is 33.7 Å². The zero-order chi connectivity index (χ0) is 15.2. The number of alkyl halides is 2. The lowest BCUT2D eigenvalue weighted by Crippen LogP contribution is -2.45. The van der Waals surface area contributed by atoms with E-state index >= 15 is 0 Å². The minimum atomic E-state index is -2.35. The van der Waals surface area contributed by atoms with Crippen molar-refractivity contribution in [3.05, 3.63) is 23.8 Å². The normalized spacial score (nSPS) is 17.8. The van der Waals surface area contributed by atoms with E-state index in [9.17, 15) is 8.78 Å². The van der Waals surface area contributed by atoms with E-state index in [1.54, 1.807) is 20.3 Å². The molecular weight excluding hydrogens is 278 g/mol. The van der Waals surface area contributed by atoms with Gasteiger partial charge in [-0.05, 0) is 17.7 Å². The molecule has 1 atom stereocenters. The lowest BCUT2D eigenvalue weighted by atomic mass is 10.0. The number of piperazine rings is 1. The fourth-order valence-electron chi connectivity index (χ4n) is 2.68. The molecule has 1 N–H and O–H groups in total. The second-order valence-electron chi connectivity index (χ2n) is 5.07. The number of nitrogens with one attached hydrogen (secondary N) is 1. The van der Waals surface area contributed by atoms with Crippen LogP contribution in [-0.2, 0) is 0 Å². The third-order valence-electron chi connectivity index (χ3n) is 3.75. The second-order valence-corrected chi connectivity index (χ2v) is 5.07. The molecule has 2 rings (SSSR count). The van der Waals surface area contributed by atoms with Crippen molar-refractivity contribution in [2.75, 3.05) is 40.4 Å². The lowest BCUT2D eigenvalue weighted by molar-refractivity contribution is 0.0737. The maximum Gasteiger partial charge on any atom is 0.240 e. The first-order chi connectivity index (χ1) is 10.1. The first kappa shape index (κ1) is 16.0. The number of methoxy groups -OCH3 is 2. The summed E-state index contributed by atoms with van der Waals surface area (Å²) in [5.74, 6) is 1.25. The van der Waals surface area contributed by atoms with Gasteiger partial charge in [-0.25, -0.2) is 8.78 Å². The number of halogens is 2. The van der Waals surface area contributed by atoms with Crippen molar-refractivity contribution < 1.29 is 18.3 Å². The zero-order valence-electron chi connectivity index (χ0n) is 12.4. The van der Waals surface area contributed by atoms with Crippen molar-refractivity contribution in [3.63, 3.8) is 0 Å². The molecule has 21 heavy (non-hydrogen) atoms. The van der Waals surface area contributed by atoms with Crippen molar-refractivity contribution in [2.45, 2.75) is 18.9 Å². The zero-order valence-corrected chi connectivity index (χ0v) is 12.4. The Bertz CT molecular complexity index is 429. The Morgan fingerprint density at radius 1 is 1.10 bits per heavy atom. The van der Waals surface area contributed by atoms with Crippen molar-refractivity contribution in [1.29, 1.82) is 0 Å². The summed E-state index contributed by atoms with van der Waals surface area (Å²) in [5, 5.41) is 3.24. The number of nitrogens with zero attached hydrogens (tertiary/aromatic N) is 1. The number of hydrogen-bond acceptors (Lipinski definition) is 4. The Labute approximate surface area is 124 Å². The van der Waals surface area contributed by atoms with Crippen LogP contribution in [0.25, 0.3) is 0 Å². The molecule has 0 spiro atoms. The van der Waals surface area contributed by atoms with Crippen LogP contribution in [-0.4, -0.2) is 51.7 Å². The highest BCUT2D eigenvalue weighted by Crippen LogP contribution is 2.33. The van der Waals surface area contributed by atoms with Crippen LogP contribution in [0.3, 0.4) is 0 Å². The lowest BCUT2D eigenvalue weighted by Gasteiger charge is -2.35. The van der Waals surface area contributed by atoms with Crippen LogP contribution in [0.4, 0.5) is 8.78 Å². The third kappa shape index (κ3) is 4.28. The fraction of sp³-hybridized carbons (Fsp3) is 0.600. The highest BCUT2D eigenvalue weighted by Gasteiger charge is 2.26. The molecule has 0 radical (unpaired) electrons. The van der Waals surface area contributed by atoms with Crippen LogP contribution < -0.4 is 14.8 Å².